The van der Waals surface area contributed by atoms with Crippen molar-refractivity contribution < 1.29 is 13.9 Å². The van der Waals surface area contributed by atoms with Crippen molar-refractivity contribution in [1.29, 1.82) is 0 Å². The Morgan fingerprint density at radius 2 is 2.08 bits per heavy atom. The molecular formula is C18H16N2O4. The van der Waals surface area contributed by atoms with Crippen LogP contribution in [0.25, 0.3) is 11.0 Å². The van der Waals surface area contributed by atoms with Crippen LogP contribution in [0.3, 0.4) is 0 Å². The molecule has 0 fully saturated rings. The first-order valence-electron chi connectivity index (χ1n) is 7.38. The number of methoxy groups -OCH3 is 1. The Balaban J connectivity index is 1.89. The monoisotopic (exact) mass is 324 g/mol. The number of carbonyl (C=O) groups excluding carboxylic acids is 1. The Bertz CT molecular complexity index is 963. The van der Waals surface area contributed by atoms with Gasteiger partial charge in [0.25, 0.3) is 0 Å². The van der Waals surface area contributed by atoms with E-state index in [4.69, 9.17) is 9.15 Å². The first-order valence-corrected chi connectivity index (χ1v) is 7.38. The van der Waals surface area contributed by atoms with Crippen molar-refractivity contribution in [2.75, 3.05) is 12.4 Å². The molecule has 1 amide bonds. The number of rotatable bonds is 4. The summed E-state index contributed by atoms with van der Waals surface area (Å²) in [4.78, 5) is 28.1. The van der Waals surface area contributed by atoms with E-state index in [1.165, 1.54) is 13.2 Å². The van der Waals surface area contributed by atoms with Gasteiger partial charge in [-0.05, 0) is 42.3 Å². The van der Waals surface area contributed by atoms with E-state index in [-0.39, 0.29) is 12.3 Å². The molecule has 0 radical (unpaired) electrons. The number of carbonyl (C=O) groups is 1. The van der Waals surface area contributed by atoms with Crippen molar-refractivity contribution in [3.8, 4) is 5.75 Å². The molecule has 0 unspecified atom stereocenters. The van der Waals surface area contributed by atoms with Crippen molar-refractivity contribution in [2.45, 2.75) is 13.3 Å². The number of benzene rings is 1. The largest absolute Gasteiger partial charge is 0.497 e. The zero-order valence-electron chi connectivity index (χ0n) is 13.3. The lowest BCUT2D eigenvalue weighted by atomic mass is 10.1. The second kappa shape index (κ2) is 6.54. The standard InChI is InChI=1S/C18H16N2O4/c1-11-5-6-19-16(7-11)20-17(21)8-12-9-18(22)24-15-10-13(23-2)3-4-14(12)15/h3-7,9-10H,8H2,1-2H3,(H,19,20,21). The molecule has 1 aromatic carbocycles. The second-order valence-electron chi connectivity index (χ2n) is 5.40. The van der Waals surface area contributed by atoms with E-state index in [1.807, 2.05) is 13.0 Å². The third-order valence-corrected chi connectivity index (χ3v) is 3.57. The van der Waals surface area contributed by atoms with Crippen LogP contribution in [0.15, 0.2) is 51.8 Å². The number of anilines is 1. The number of fused-ring (bicyclic) bond motifs is 1. The maximum absolute atomic E-state index is 12.3. The number of ether oxygens (including phenoxy) is 1. The summed E-state index contributed by atoms with van der Waals surface area (Å²) >= 11 is 0. The topological polar surface area (TPSA) is 81.4 Å². The molecule has 0 atom stereocenters. The van der Waals surface area contributed by atoms with E-state index in [0.29, 0.717) is 28.1 Å². The van der Waals surface area contributed by atoms with Crippen LogP contribution in [-0.4, -0.2) is 18.0 Å². The molecule has 0 aliphatic heterocycles. The van der Waals surface area contributed by atoms with Gasteiger partial charge in [-0.15, -0.1) is 0 Å². The fourth-order valence-electron chi connectivity index (χ4n) is 2.45. The highest BCUT2D eigenvalue weighted by Crippen LogP contribution is 2.23. The summed E-state index contributed by atoms with van der Waals surface area (Å²) in [5, 5.41) is 3.43. The summed E-state index contributed by atoms with van der Waals surface area (Å²) in [5.41, 5.74) is 1.47. The smallest absolute Gasteiger partial charge is 0.336 e. The lowest BCUT2D eigenvalue weighted by Crippen LogP contribution is -2.16. The van der Waals surface area contributed by atoms with Gasteiger partial charge in [0.15, 0.2) is 0 Å². The Morgan fingerprint density at radius 1 is 1.25 bits per heavy atom. The van der Waals surface area contributed by atoms with E-state index in [9.17, 15) is 9.59 Å². The molecule has 0 aliphatic rings. The Morgan fingerprint density at radius 3 is 2.83 bits per heavy atom. The third kappa shape index (κ3) is 3.43. The van der Waals surface area contributed by atoms with Gasteiger partial charge in [-0.3, -0.25) is 4.79 Å². The first-order chi connectivity index (χ1) is 11.5. The van der Waals surface area contributed by atoms with Crippen molar-refractivity contribution in [3.05, 3.63) is 64.1 Å². The summed E-state index contributed by atoms with van der Waals surface area (Å²) in [5.74, 6) is 0.806. The average Bonchev–Trinajstić information content (AvgIpc) is 2.53. The summed E-state index contributed by atoms with van der Waals surface area (Å²) in [6.45, 7) is 1.92. The van der Waals surface area contributed by atoms with E-state index in [2.05, 4.69) is 10.3 Å². The van der Waals surface area contributed by atoms with Crippen molar-refractivity contribution >= 4 is 22.7 Å². The Labute approximate surface area is 138 Å². The van der Waals surface area contributed by atoms with Crippen LogP contribution < -0.4 is 15.7 Å². The number of amides is 1. The minimum absolute atomic E-state index is 0.0457. The summed E-state index contributed by atoms with van der Waals surface area (Å²) in [6, 6.07) is 10.1. The molecular weight excluding hydrogens is 308 g/mol. The van der Waals surface area contributed by atoms with Crippen LogP contribution in [0, 0.1) is 6.92 Å². The molecule has 1 N–H and O–H groups in total. The number of aryl methyl sites for hydroxylation is 1. The number of hydrogen-bond donors (Lipinski definition) is 1. The fraction of sp³-hybridized carbons (Fsp3) is 0.167. The zero-order chi connectivity index (χ0) is 17.1. The van der Waals surface area contributed by atoms with Crippen LogP contribution in [0.4, 0.5) is 5.82 Å². The normalized spacial score (nSPS) is 10.6. The molecule has 2 heterocycles. The quantitative estimate of drug-likeness (QED) is 0.746. The van der Waals surface area contributed by atoms with Gasteiger partial charge in [0.1, 0.15) is 17.2 Å². The fourth-order valence-corrected chi connectivity index (χ4v) is 2.45. The molecule has 3 aromatic rings. The highest BCUT2D eigenvalue weighted by atomic mass is 16.5. The molecule has 0 spiro atoms. The average molecular weight is 324 g/mol. The molecule has 6 nitrogen and oxygen atoms in total. The predicted octanol–water partition coefficient (Wildman–Crippen LogP) is 2.69. The van der Waals surface area contributed by atoms with E-state index < -0.39 is 5.63 Å². The Kier molecular flexibility index (Phi) is 4.29. The van der Waals surface area contributed by atoms with Crippen LogP contribution in [0.2, 0.25) is 0 Å². The van der Waals surface area contributed by atoms with E-state index in [0.717, 1.165) is 5.56 Å². The maximum atomic E-state index is 12.3. The Hall–Kier alpha value is -3.15. The van der Waals surface area contributed by atoms with Crippen LogP contribution in [0.5, 0.6) is 5.75 Å². The van der Waals surface area contributed by atoms with Gasteiger partial charge in [0.2, 0.25) is 5.91 Å². The summed E-state index contributed by atoms with van der Waals surface area (Å²) in [7, 11) is 1.53. The van der Waals surface area contributed by atoms with E-state index >= 15 is 0 Å². The predicted molar refractivity (Wildman–Crippen MR) is 90.3 cm³/mol. The van der Waals surface area contributed by atoms with Crippen molar-refractivity contribution in [3.63, 3.8) is 0 Å². The lowest BCUT2D eigenvalue weighted by molar-refractivity contribution is -0.115. The zero-order valence-corrected chi connectivity index (χ0v) is 13.3. The van der Waals surface area contributed by atoms with Crippen molar-refractivity contribution in [1.82, 2.24) is 4.98 Å². The van der Waals surface area contributed by atoms with Gasteiger partial charge < -0.3 is 14.5 Å². The van der Waals surface area contributed by atoms with Gasteiger partial charge >= 0.3 is 5.63 Å². The molecule has 3 rings (SSSR count). The van der Waals surface area contributed by atoms with Gasteiger partial charge in [-0.1, -0.05) is 0 Å². The van der Waals surface area contributed by atoms with Gasteiger partial charge in [-0.2, -0.15) is 0 Å². The number of nitrogens with zero attached hydrogens (tertiary/aromatic N) is 1. The van der Waals surface area contributed by atoms with Gasteiger partial charge in [0.05, 0.1) is 13.5 Å². The molecule has 24 heavy (non-hydrogen) atoms. The summed E-state index contributed by atoms with van der Waals surface area (Å²) < 4.78 is 10.3. The number of pyridine rings is 1. The highest BCUT2D eigenvalue weighted by Gasteiger charge is 2.11. The van der Waals surface area contributed by atoms with Crippen LogP contribution in [0.1, 0.15) is 11.1 Å². The summed E-state index contributed by atoms with van der Waals surface area (Å²) in [6.07, 6.45) is 1.67. The number of aromatic nitrogens is 1. The van der Waals surface area contributed by atoms with Crippen LogP contribution >= 0.6 is 0 Å². The van der Waals surface area contributed by atoms with Gasteiger partial charge in [0, 0.05) is 23.7 Å². The van der Waals surface area contributed by atoms with Gasteiger partial charge in [-0.25, -0.2) is 9.78 Å². The molecule has 0 saturated carbocycles. The SMILES string of the molecule is COc1ccc2c(CC(=O)Nc3cc(C)ccn3)cc(=O)oc2c1. The second-order valence-corrected chi connectivity index (χ2v) is 5.40. The minimum atomic E-state index is -0.507. The number of hydrogen-bond acceptors (Lipinski definition) is 5. The molecule has 122 valence electrons. The first kappa shape index (κ1) is 15.7. The number of nitrogens with one attached hydrogen (secondary N) is 1. The maximum Gasteiger partial charge on any atom is 0.336 e. The highest BCUT2D eigenvalue weighted by molar-refractivity contribution is 5.94. The molecule has 0 bridgehead atoms. The minimum Gasteiger partial charge on any atom is -0.497 e. The van der Waals surface area contributed by atoms with Crippen molar-refractivity contribution in [2.24, 2.45) is 0 Å². The van der Waals surface area contributed by atoms with E-state index in [1.54, 1.807) is 30.5 Å². The third-order valence-electron chi connectivity index (χ3n) is 3.57. The lowest BCUT2D eigenvalue weighted by Gasteiger charge is -2.08. The molecule has 0 aliphatic carbocycles. The van der Waals surface area contributed by atoms with Crippen LogP contribution in [-0.2, 0) is 11.2 Å². The molecule has 6 heteroatoms. The molecule has 2 aromatic heterocycles. The molecule has 0 saturated heterocycles.